The Morgan fingerprint density at radius 1 is 0.544 bits per heavy atom. The largest absolute Gasteiger partial charge is 0.475 e. The van der Waals surface area contributed by atoms with Gasteiger partial charge in [0.25, 0.3) is 11.1 Å². The monoisotopic (exact) mass is 785 g/mol. The van der Waals surface area contributed by atoms with Gasteiger partial charge in [0, 0.05) is 72.1 Å². The molecule has 0 unspecified atom stereocenters. The highest BCUT2D eigenvalue weighted by atomic mass is 35.5. The van der Waals surface area contributed by atoms with E-state index in [9.17, 15) is 14.4 Å². The third-order valence-electron chi connectivity index (χ3n) is 7.45. The molecule has 9 aromatic rings. The number of nitrogens with two attached hydrogens (primary N) is 1. The van der Waals surface area contributed by atoms with Gasteiger partial charge >= 0.3 is 5.97 Å². The fourth-order valence-electron chi connectivity index (χ4n) is 4.76. The number of hydrogen-bond acceptors (Lipinski definition) is 15. The number of carboxylic acids is 1. The minimum atomic E-state index is -1.13. The molecule has 0 saturated heterocycles. The van der Waals surface area contributed by atoms with Gasteiger partial charge in [-0.15, -0.1) is 15.3 Å². The number of aromatic nitrogens is 12. The van der Waals surface area contributed by atoms with Gasteiger partial charge in [0.05, 0.1) is 18.6 Å². The van der Waals surface area contributed by atoms with Gasteiger partial charge in [-0.25, -0.2) is 4.79 Å². The molecule has 20 nitrogen and oxygen atoms in total. The predicted molar refractivity (Wildman–Crippen MR) is 196 cm³/mol. The van der Waals surface area contributed by atoms with Crippen molar-refractivity contribution in [2.75, 3.05) is 0 Å². The number of carbonyl (C=O) groups is 3. The molecule has 57 heavy (non-hydrogen) atoms. The Labute approximate surface area is 323 Å². The SMILES string of the molecule is NC(=O)c1ccc(-n2cc(-c3cccnc3)nn2)o1.O=C(Cl)c1ccc(-n2cc(-c3cccnc3)nn2)o1.O=C(O)c1ccc(-n2cc(-c3cccnc3)nn2)o1. The molecule has 9 heterocycles. The Bertz CT molecular complexity index is 2460. The van der Waals surface area contributed by atoms with Crippen molar-refractivity contribution in [1.82, 2.24) is 59.9 Å². The van der Waals surface area contributed by atoms with Gasteiger partial charge in [0.1, 0.15) is 17.1 Å². The Balaban J connectivity index is 0.000000131. The lowest BCUT2D eigenvalue weighted by Crippen LogP contribution is -2.09. The number of carbonyl (C=O) groups excluding carboxylic acids is 2. The van der Waals surface area contributed by atoms with Gasteiger partial charge in [-0.2, -0.15) is 14.0 Å². The third kappa shape index (κ3) is 8.88. The van der Waals surface area contributed by atoms with Crippen LogP contribution in [0.5, 0.6) is 0 Å². The number of furan rings is 3. The normalized spacial score (nSPS) is 10.5. The van der Waals surface area contributed by atoms with E-state index >= 15 is 0 Å². The molecule has 0 saturated carbocycles. The second-order valence-corrected chi connectivity index (χ2v) is 11.6. The van der Waals surface area contributed by atoms with Crippen LogP contribution in [0.1, 0.15) is 31.7 Å². The molecule has 9 rings (SSSR count). The van der Waals surface area contributed by atoms with E-state index in [1.54, 1.807) is 74.0 Å². The topological polar surface area (TPSA) is 268 Å². The van der Waals surface area contributed by atoms with Crippen LogP contribution >= 0.6 is 11.6 Å². The first-order valence-corrected chi connectivity index (χ1v) is 16.6. The van der Waals surface area contributed by atoms with Crippen LogP contribution in [0.25, 0.3) is 51.4 Å². The van der Waals surface area contributed by atoms with Gasteiger partial charge in [-0.3, -0.25) is 24.5 Å². The second kappa shape index (κ2) is 16.7. The summed E-state index contributed by atoms with van der Waals surface area (Å²) in [5.74, 6) is -0.724. The maximum atomic E-state index is 10.9. The standard InChI is InChI=1S/C12H7ClN4O2.C12H9N5O2.C12H8N4O3/c2*13-12(18)10-3-4-11(19-10)17-7-9(15-16-17)8-2-1-5-14-6-8;17-12(18)10-3-4-11(19-10)16-7-9(14-15-16)8-2-1-5-13-6-8/h1-7H;1-7H,(H2,13,18);1-7H,(H,17,18). The van der Waals surface area contributed by atoms with E-state index in [4.69, 9.17) is 35.7 Å². The Morgan fingerprint density at radius 2 is 0.912 bits per heavy atom. The molecule has 0 aliphatic heterocycles. The maximum absolute atomic E-state index is 10.9. The number of amides is 1. The third-order valence-corrected chi connectivity index (χ3v) is 7.64. The first-order chi connectivity index (χ1) is 27.7. The van der Waals surface area contributed by atoms with Crippen LogP contribution in [0.15, 0.2) is 142 Å². The molecular weight excluding hydrogens is 762 g/mol. The molecule has 0 aliphatic carbocycles. The highest BCUT2D eigenvalue weighted by molar-refractivity contribution is 6.67. The van der Waals surface area contributed by atoms with Gasteiger partial charge in [0.2, 0.25) is 23.4 Å². The fraction of sp³-hybridized carbons (Fsp3) is 0. The van der Waals surface area contributed by atoms with Crippen molar-refractivity contribution in [2.24, 2.45) is 5.73 Å². The predicted octanol–water partition coefficient (Wildman–Crippen LogP) is 4.94. The van der Waals surface area contributed by atoms with Crippen molar-refractivity contribution in [2.45, 2.75) is 0 Å². The Kier molecular flexibility index (Phi) is 10.8. The molecule has 9 aromatic heterocycles. The van der Waals surface area contributed by atoms with E-state index < -0.39 is 17.1 Å². The average molecular weight is 786 g/mol. The van der Waals surface area contributed by atoms with E-state index in [2.05, 4.69) is 45.9 Å². The summed E-state index contributed by atoms with van der Waals surface area (Å²) in [6.45, 7) is 0. The van der Waals surface area contributed by atoms with E-state index in [0.717, 1.165) is 16.7 Å². The van der Waals surface area contributed by atoms with Crippen LogP contribution in [-0.4, -0.2) is 82.2 Å². The lowest BCUT2D eigenvalue weighted by atomic mass is 10.2. The smallest absolute Gasteiger partial charge is 0.371 e. The number of rotatable bonds is 9. The summed E-state index contributed by atoms with van der Waals surface area (Å²) >= 11 is 5.32. The zero-order valence-electron chi connectivity index (χ0n) is 28.8. The zero-order chi connectivity index (χ0) is 39.7. The van der Waals surface area contributed by atoms with Crippen LogP contribution in [0.4, 0.5) is 0 Å². The molecule has 0 aliphatic rings. The molecule has 0 fully saturated rings. The summed E-state index contributed by atoms with van der Waals surface area (Å²) in [4.78, 5) is 44.6. The zero-order valence-corrected chi connectivity index (χ0v) is 29.6. The second-order valence-electron chi connectivity index (χ2n) is 11.2. The number of aromatic carboxylic acids is 1. The summed E-state index contributed by atoms with van der Waals surface area (Å²) < 4.78 is 19.8. The minimum Gasteiger partial charge on any atom is -0.475 e. The molecule has 21 heteroatoms. The first-order valence-electron chi connectivity index (χ1n) is 16.2. The molecular formula is C36H24ClN13O7. The number of halogens is 1. The van der Waals surface area contributed by atoms with Crippen molar-refractivity contribution in [3.8, 4) is 51.4 Å². The van der Waals surface area contributed by atoms with Gasteiger partial charge < -0.3 is 24.1 Å². The van der Waals surface area contributed by atoms with Gasteiger partial charge in [-0.05, 0) is 66.2 Å². The fourth-order valence-corrected chi connectivity index (χ4v) is 4.86. The summed E-state index contributed by atoms with van der Waals surface area (Å²) in [7, 11) is 0. The molecule has 0 spiro atoms. The number of primary amides is 1. The van der Waals surface area contributed by atoms with Crippen molar-refractivity contribution in [3.63, 3.8) is 0 Å². The summed E-state index contributed by atoms with van der Waals surface area (Å²) in [5.41, 5.74) is 9.56. The first kappa shape index (κ1) is 36.9. The molecule has 0 bridgehead atoms. The molecule has 1 amide bonds. The Hall–Kier alpha value is -8.39. The van der Waals surface area contributed by atoms with Crippen LogP contribution in [-0.2, 0) is 0 Å². The van der Waals surface area contributed by atoms with Crippen LogP contribution < -0.4 is 5.73 Å². The number of carboxylic acid groups (broad SMARTS) is 1. The van der Waals surface area contributed by atoms with Crippen LogP contribution in [0.3, 0.4) is 0 Å². The van der Waals surface area contributed by atoms with Crippen molar-refractivity contribution in [1.29, 1.82) is 0 Å². The number of nitrogens with zero attached hydrogens (tertiary/aromatic N) is 12. The van der Waals surface area contributed by atoms with Gasteiger partial charge in [0.15, 0.2) is 11.5 Å². The minimum absolute atomic E-state index is 0.0649. The molecule has 0 atom stereocenters. The number of hydrogen-bond donors (Lipinski definition) is 2. The lowest BCUT2D eigenvalue weighted by molar-refractivity contribution is 0.0661. The maximum Gasteiger partial charge on any atom is 0.371 e. The lowest BCUT2D eigenvalue weighted by Gasteiger charge is -1.93. The summed E-state index contributed by atoms with van der Waals surface area (Å²) in [6, 6.07) is 20.1. The van der Waals surface area contributed by atoms with Crippen molar-refractivity contribution in [3.05, 3.63) is 146 Å². The van der Waals surface area contributed by atoms with Crippen molar-refractivity contribution >= 4 is 28.7 Å². The molecule has 3 N–H and O–H groups in total. The molecule has 282 valence electrons. The van der Waals surface area contributed by atoms with Crippen molar-refractivity contribution < 1.29 is 32.7 Å². The van der Waals surface area contributed by atoms with Crippen LogP contribution in [0, 0.1) is 0 Å². The van der Waals surface area contributed by atoms with E-state index in [1.807, 2.05) is 30.3 Å². The summed E-state index contributed by atoms with van der Waals surface area (Å²) in [5, 5.41) is 31.9. The van der Waals surface area contributed by atoms with E-state index in [0.29, 0.717) is 34.7 Å². The highest BCUT2D eigenvalue weighted by Gasteiger charge is 2.14. The van der Waals surface area contributed by atoms with Crippen LogP contribution in [0.2, 0.25) is 0 Å². The summed E-state index contributed by atoms with van der Waals surface area (Å²) in [6.07, 6.45) is 15.1. The Morgan fingerprint density at radius 3 is 1.21 bits per heavy atom. The number of pyridine rings is 3. The van der Waals surface area contributed by atoms with E-state index in [-0.39, 0.29) is 17.3 Å². The van der Waals surface area contributed by atoms with E-state index in [1.165, 1.54) is 38.3 Å². The van der Waals surface area contributed by atoms with Gasteiger partial charge in [-0.1, -0.05) is 15.6 Å². The average Bonchev–Trinajstić information content (AvgIpc) is 4.09. The molecule has 0 radical (unpaired) electrons. The molecule has 0 aromatic carbocycles. The highest BCUT2D eigenvalue weighted by Crippen LogP contribution is 2.21. The quantitative estimate of drug-likeness (QED) is 0.183.